The molecule has 8 heteroatoms. The van der Waals surface area contributed by atoms with Gasteiger partial charge in [-0.1, -0.05) is 12.1 Å². The number of rotatable bonds is 3. The minimum Gasteiger partial charge on any atom is -0.374 e. The Balaban J connectivity index is 2.15. The number of hydrogen-bond donors (Lipinski definition) is 1. The highest BCUT2D eigenvalue weighted by molar-refractivity contribution is 6.06. The maximum Gasteiger partial charge on any atom is 0.418 e. The van der Waals surface area contributed by atoms with E-state index in [9.17, 15) is 18.0 Å². The summed E-state index contributed by atoms with van der Waals surface area (Å²) in [5, 5.41) is 11.3. The zero-order chi connectivity index (χ0) is 17.7. The normalized spacial score (nSPS) is 16.6. The third kappa shape index (κ3) is 4.49. The van der Waals surface area contributed by atoms with Crippen molar-refractivity contribution in [1.29, 1.82) is 5.26 Å². The first-order valence-corrected chi connectivity index (χ1v) is 7.33. The van der Waals surface area contributed by atoms with Crippen LogP contribution >= 0.6 is 0 Å². The van der Waals surface area contributed by atoms with E-state index in [1.807, 2.05) is 11.9 Å². The van der Waals surface area contributed by atoms with E-state index in [0.29, 0.717) is 13.1 Å². The van der Waals surface area contributed by atoms with Crippen LogP contribution in [0.4, 0.5) is 18.9 Å². The molecule has 1 aromatic rings. The van der Waals surface area contributed by atoms with Crippen LogP contribution in [0.5, 0.6) is 0 Å². The molecule has 0 spiro atoms. The molecule has 5 nitrogen and oxygen atoms in total. The van der Waals surface area contributed by atoms with Crippen LogP contribution in [0.1, 0.15) is 5.56 Å². The standard InChI is InChI=1S/C16H17F3N4O/c1-22-6-8-23(9-7-22)11-12(10-20)15(24)21-14-5-3-2-4-13(14)16(17,18)19/h2-5,11H,6-9H2,1H3,(H,21,24)/b12-11-. The predicted octanol–water partition coefficient (Wildman–Crippen LogP) is 2.30. The molecule has 0 bridgehead atoms. The Kier molecular flexibility index (Phi) is 5.46. The molecular formula is C16H17F3N4O. The molecule has 1 aromatic carbocycles. The number of benzene rings is 1. The molecule has 128 valence electrons. The average molecular weight is 338 g/mol. The topological polar surface area (TPSA) is 59.4 Å². The predicted molar refractivity (Wildman–Crippen MR) is 82.8 cm³/mol. The fourth-order valence-corrected chi connectivity index (χ4v) is 2.30. The van der Waals surface area contributed by atoms with Crippen molar-refractivity contribution in [2.24, 2.45) is 0 Å². The number of carbonyl (C=O) groups is 1. The van der Waals surface area contributed by atoms with E-state index in [1.54, 1.807) is 6.07 Å². The van der Waals surface area contributed by atoms with Gasteiger partial charge < -0.3 is 15.1 Å². The molecule has 1 fully saturated rings. The number of piperazine rings is 1. The molecule has 1 heterocycles. The molecule has 1 aliphatic rings. The van der Waals surface area contributed by atoms with Crippen molar-refractivity contribution in [1.82, 2.24) is 9.80 Å². The second-order valence-corrected chi connectivity index (χ2v) is 5.49. The van der Waals surface area contributed by atoms with Crippen LogP contribution < -0.4 is 5.32 Å². The van der Waals surface area contributed by atoms with E-state index < -0.39 is 17.6 Å². The van der Waals surface area contributed by atoms with Gasteiger partial charge in [-0.15, -0.1) is 0 Å². The maximum absolute atomic E-state index is 12.9. The summed E-state index contributed by atoms with van der Waals surface area (Å²) in [7, 11) is 1.97. The van der Waals surface area contributed by atoms with Gasteiger partial charge in [-0.05, 0) is 19.2 Å². The zero-order valence-corrected chi connectivity index (χ0v) is 13.1. The lowest BCUT2D eigenvalue weighted by Crippen LogP contribution is -2.42. The van der Waals surface area contributed by atoms with Crippen molar-refractivity contribution in [2.45, 2.75) is 6.18 Å². The first-order valence-electron chi connectivity index (χ1n) is 7.33. The molecule has 0 unspecified atom stereocenters. The molecule has 0 atom stereocenters. The van der Waals surface area contributed by atoms with E-state index >= 15 is 0 Å². The van der Waals surface area contributed by atoms with Crippen LogP contribution in [-0.2, 0) is 11.0 Å². The highest BCUT2D eigenvalue weighted by Gasteiger charge is 2.33. The van der Waals surface area contributed by atoms with E-state index in [1.165, 1.54) is 18.3 Å². The molecule has 1 aliphatic heterocycles. The van der Waals surface area contributed by atoms with Crippen molar-refractivity contribution in [3.8, 4) is 6.07 Å². The van der Waals surface area contributed by atoms with Gasteiger partial charge >= 0.3 is 6.18 Å². The SMILES string of the molecule is CN1CCN(/C=C(/C#N)C(=O)Nc2ccccc2C(F)(F)F)CC1. The molecule has 0 aromatic heterocycles. The zero-order valence-electron chi connectivity index (χ0n) is 13.1. The summed E-state index contributed by atoms with van der Waals surface area (Å²) >= 11 is 0. The van der Waals surface area contributed by atoms with Gasteiger partial charge in [-0.2, -0.15) is 18.4 Å². The quantitative estimate of drug-likeness (QED) is 0.679. The second kappa shape index (κ2) is 7.36. The van der Waals surface area contributed by atoms with Gasteiger partial charge in [-0.25, -0.2) is 0 Å². The third-order valence-electron chi connectivity index (χ3n) is 3.70. The molecular weight excluding hydrogens is 321 g/mol. The minimum absolute atomic E-state index is 0.225. The largest absolute Gasteiger partial charge is 0.418 e. The van der Waals surface area contributed by atoms with Crippen LogP contribution in [-0.4, -0.2) is 48.9 Å². The van der Waals surface area contributed by atoms with Gasteiger partial charge in [0.1, 0.15) is 11.6 Å². The molecule has 0 saturated carbocycles. The Morgan fingerprint density at radius 1 is 1.25 bits per heavy atom. The van der Waals surface area contributed by atoms with Gasteiger partial charge in [0.2, 0.25) is 0 Å². The van der Waals surface area contributed by atoms with E-state index in [2.05, 4.69) is 10.2 Å². The lowest BCUT2D eigenvalue weighted by atomic mass is 10.1. The molecule has 0 radical (unpaired) electrons. The first-order chi connectivity index (χ1) is 11.3. The van der Waals surface area contributed by atoms with Crippen LogP contribution in [0.2, 0.25) is 0 Å². The van der Waals surface area contributed by atoms with Crippen molar-refractivity contribution in [3.05, 3.63) is 41.6 Å². The number of amides is 1. The number of para-hydroxylation sites is 1. The molecule has 1 saturated heterocycles. The van der Waals surface area contributed by atoms with Crippen LogP contribution in [0.25, 0.3) is 0 Å². The van der Waals surface area contributed by atoms with Crippen LogP contribution in [0.3, 0.4) is 0 Å². The van der Waals surface area contributed by atoms with Gasteiger partial charge in [0, 0.05) is 32.4 Å². The summed E-state index contributed by atoms with van der Waals surface area (Å²) in [6.07, 6.45) is -3.18. The van der Waals surface area contributed by atoms with Crippen molar-refractivity contribution in [3.63, 3.8) is 0 Å². The Bertz CT molecular complexity index is 671. The number of anilines is 1. The summed E-state index contributed by atoms with van der Waals surface area (Å²) in [5.74, 6) is -0.854. The number of nitrogens with zero attached hydrogens (tertiary/aromatic N) is 3. The number of likely N-dealkylation sites (N-methyl/N-ethyl adjacent to an activating group) is 1. The van der Waals surface area contributed by atoms with Crippen molar-refractivity contribution >= 4 is 11.6 Å². The van der Waals surface area contributed by atoms with Gasteiger partial charge in [0.25, 0.3) is 5.91 Å². The average Bonchev–Trinajstić information content (AvgIpc) is 2.53. The fourth-order valence-electron chi connectivity index (χ4n) is 2.30. The number of hydrogen-bond acceptors (Lipinski definition) is 4. The Labute approximate surface area is 138 Å². The number of carbonyl (C=O) groups excluding carboxylic acids is 1. The maximum atomic E-state index is 12.9. The summed E-state index contributed by atoms with van der Waals surface area (Å²) in [6.45, 7) is 2.86. The Hall–Kier alpha value is -2.53. The van der Waals surface area contributed by atoms with Gasteiger partial charge in [0.15, 0.2) is 0 Å². The smallest absolute Gasteiger partial charge is 0.374 e. The number of nitrogens with one attached hydrogen (secondary N) is 1. The molecule has 0 aliphatic carbocycles. The number of halogens is 3. The molecule has 1 amide bonds. The summed E-state index contributed by atoms with van der Waals surface area (Å²) < 4.78 is 38.8. The van der Waals surface area contributed by atoms with E-state index in [0.717, 1.165) is 25.2 Å². The summed E-state index contributed by atoms with van der Waals surface area (Å²) in [4.78, 5) is 16.1. The molecule has 24 heavy (non-hydrogen) atoms. The van der Waals surface area contributed by atoms with Crippen molar-refractivity contribution < 1.29 is 18.0 Å². The monoisotopic (exact) mass is 338 g/mol. The van der Waals surface area contributed by atoms with E-state index in [4.69, 9.17) is 5.26 Å². The van der Waals surface area contributed by atoms with Crippen molar-refractivity contribution in [2.75, 3.05) is 38.5 Å². The highest BCUT2D eigenvalue weighted by atomic mass is 19.4. The lowest BCUT2D eigenvalue weighted by molar-refractivity contribution is -0.137. The lowest BCUT2D eigenvalue weighted by Gasteiger charge is -2.31. The van der Waals surface area contributed by atoms with E-state index in [-0.39, 0.29) is 11.3 Å². The highest BCUT2D eigenvalue weighted by Crippen LogP contribution is 2.34. The Morgan fingerprint density at radius 3 is 2.46 bits per heavy atom. The van der Waals surface area contributed by atoms with Gasteiger partial charge in [-0.3, -0.25) is 4.79 Å². The molecule has 2 rings (SSSR count). The summed E-state index contributed by atoms with van der Waals surface area (Å²) in [6, 6.07) is 6.42. The number of nitriles is 1. The van der Waals surface area contributed by atoms with Crippen LogP contribution in [0.15, 0.2) is 36.0 Å². The Morgan fingerprint density at radius 2 is 1.88 bits per heavy atom. The molecule has 1 N–H and O–H groups in total. The second-order valence-electron chi connectivity index (χ2n) is 5.49. The number of alkyl halides is 3. The van der Waals surface area contributed by atoms with Gasteiger partial charge in [0.05, 0.1) is 11.3 Å². The fraction of sp³-hybridized carbons (Fsp3) is 0.375. The third-order valence-corrected chi connectivity index (χ3v) is 3.70. The van der Waals surface area contributed by atoms with Crippen LogP contribution in [0, 0.1) is 11.3 Å². The minimum atomic E-state index is -4.59. The first kappa shape index (κ1) is 17.8. The summed E-state index contributed by atoms with van der Waals surface area (Å²) in [5.41, 5.74) is -1.54.